The molecule has 0 amide bonds. The average Bonchev–Trinajstić information content (AvgIpc) is 3.59. The van der Waals surface area contributed by atoms with Crippen molar-refractivity contribution in [2.75, 3.05) is 79.3 Å². The Hall–Kier alpha value is -7.12. The van der Waals surface area contributed by atoms with Crippen LogP contribution < -0.4 is 18.9 Å². The molecule has 1 unspecified atom stereocenters. The minimum atomic E-state index is -0.947. The van der Waals surface area contributed by atoms with Crippen molar-refractivity contribution in [3.63, 3.8) is 0 Å². The highest BCUT2D eigenvalue weighted by Crippen LogP contribution is 2.47. The molecule has 5 rings (SSSR count). The van der Waals surface area contributed by atoms with E-state index in [0.717, 1.165) is 22.3 Å². The number of fused-ring (bicyclic) bond motifs is 3. The van der Waals surface area contributed by atoms with Crippen molar-refractivity contribution in [1.29, 1.82) is 0 Å². The zero-order valence-electron chi connectivity index (χ0n) is 38.3. The fraction of sp³-hybridized carbons (Fsp3) is 0.360. The van der Waals surface area contributed by atoms with E-state index >= 15 is 0 Å². The van der Waals surface area contributed by atoms with Crippen LogP contribution in [-0.4, -0.2) is 115 Å². The van der Waals surface area contributed by atoms with Gasteiger partial charge in [-0.1, -0.05) is 39.5 Å². The summed E-state index contributed by atoms with van der Waals surface area (Å²) in [5, 5.41) is 0. The van der Waals surface area contributed by atoms with Crippen LogP contribution in [-0.2, 0) is 47.5 Å². The van der Waals surface area contributed by atoms with Crippen molar-refractivity contribution < 1.29 is 85.6 Å². The smallest absolute Gasteiger partial charge is 0.463 e. The highest BCUT2D eigenvalue weighted by Gasteiger charge is 2.27. The van der Waals surface area contributed by atoms with Gasteiger partial charge in [-0.05, 0) is 102 Å². The summed E-state index contributed by atoms with van der Waals surface area (Å²) in [5.74, 6) is -1.35. The van der Waals surface area contributed by atoms with Gasteiger partial charge < -0.3 is 56.8 Å². The summed E-state index contributed by atoms with van der Waals surface area (Å²) in [6.45, 7) is 12.4. The molecule has 0 aromatic heterocycles. The highest BCUT2D eigenvalue weighted by atomic mass is 16.7. The van der Waals surface area contributed by atoms with Crippen LogP contribution in [0.1, 0.15) is 65.5 Å². The molecule has 0 bridgehead atoms. The monoisotopic (exact) mass is 942 g/mol. The van der Waals surface area contributed by atoms with Gasteiger partial charge in [0.15, 0.2) is 0 Å². The van der Waals surface area contributed by atoms with Crippen molar-refractivity contribution >= 4 is 36.2 Å². The van der Waals surface area contributed by atoms with E-state index in [1.165, 1.54) is 48.5 Å². The first-order chi connectivity index (χ1) is 32.8. The normalized spacial score (nSPS) is 12.3. The maximum Gasteiger partial charge on any atom is 0.513 e. The highest BCUT2D eigenvalue weighted by molar-refractivity contribution is 5.92. The Labute approximate surface area is 393 Å². The second-order valence-corrected chi connectivity index (χ2v) is 15.1. The first kappa shape index (κ1) is 51.9. The lowest BCUT2D eigenvalue weighted by atomic mass is 9.99. The van der Waals surface area contributed by atoms with E-state index in [1.807, 2.05) is 19.1 Å². The van der Waals surface area contributed by atoms with Gasteiger partial charge in [-0.25, -0.2) is 24.0 Å². The topological polar surface area (TPSA) is 213 Å². The molecule has 4 aromatic rings. The Balaban J connectivity index is 0.984. The Bertz CT molecular complexity index is 2360. The van der Waals surface area contributed by atoms with Gasteiger partial charge in [-0.3, -0.25) is 4.79 Å². The molecule has 0 aliphatic heterocycles. The molecule has 68 heavy (non-hydrogen) atoms. The maximum absolute atomic E-state index is 13.1. The number of esters is 4. The standard InChI is InChI=1S/C50H54O18/c1-32(2)45(51)61-26-22-57-18-20-59-24-28-63-49(55)67-37-10-6-35(7-11-37)47(53)65-39-14-16-41-42-17-15-40(31-44(42)34(5)43(41)30-39)66-48(54)36-8-12-38(13-9-36)68-50(56)64-29-25-60-21-19-58-23-27-62-46(52)33(3)4/h6-17,30-31,33-34H,1,18-29H2,2-5H3. The molecule has 18 heteroatoms. The Morgan fingerprint density at radius 1 is 0.471 bits per heavy atom. The third-order valence-electron chi connectivity index (χ3n) is 9.66. The lowest BCUT2D eigenvalue weighted by molar-refractivity contribution is -0.149. The molecule has 1 aliphatic rings. The first-order valence-corrected chi connectivity index (χ1v) is 21.7. The van der Waals surface area contributed by atoms with E-state index in [4.69, 9.17) is 56.8 Å². The molecular weight excluding hydrogens is 889 g/mol. The summed E-state index contributed by atoms with van der Waals surface area (Å²) in [6, 6.07) is 22.3. The van der Waals surface area contributed by atoms with Gasteiger partial charge >= 0.3 is 36.2 Å². The van der Waals surface area contributed by atoms with Gasteiger partial charge in [0, 0.05) is 11.5 Å². The molecule has 0 fully saturated rings. The van der Waals surface area contributed by atoms with Crippen molar-refractivity contribution in [2.45, 2.75) is 33.6 Å². The minimum absolute atomic E-state index is 0.0510. The molecule has 1 atom stereocenters. The molecule has 1 aliphatic carbocycles. The SMILES string of the molecule is C=C(C)C(=O)OCCOCCOCCOC(=O)Oc1ccc(C(=O)Oc2ccc3c(c2)C(C)c2cc(OC(=O)c4ccc(OC(=O)OCCOCCOCCOC(=O)C(C)C)cc4)ccc2-3)cc1. The van der Waals surface area contributed by atoms with Gasteiger partial charge in [0.25, 0.3) is 0 Å². The van der Waals surface area contributed by atoms with Crippen LogP contribution in [0.4, 0.5) is 9.59 Å². The zero-order valence-corrected chi connectivity index (χ0v) is 38.3. The number of benzene rings is 4. The van der Waals surface area contributed by atoms with E-state index in [-0.39, 0.29) is 120 Å². The van der Waals surface area contributed by atoms with Crippen LogP contribution in [0, 0.1) is 5.92 Å². The summed E-state index contributed by atoms with van der Waals surface area (Å²) in [6.07, 6.45) is -1.89. The van der Waals surface area contributed by atoms with E-state index < -0.39 is 30.2 Å². The molecule has 0 radical (unpaired) electrons. The summed E-state index contributed by atoms with van der Waals surface area (Å²) in [7, 11) is 0. The van der Waals surface area contributed by atoms with Crippen molar-refractivity contribution in [3.8, 4) is 34.1 Å². The molecule has 0 saturated heterocycles. The third-order valence-corrected chi connectivity index (χ3v) is 9.66. The van der Waals surface area contributed by atoms with E-state index in [1.54, 1.807) is 45.0 Å². The molecule has 0 heterocycles. The largest absolute Gasteiger partial charge is 0.513 e. The van der Waals surface area contributed by atoms with Crippen LogP contribution in [0.15, 0.2) is 97.1 Å². The minimum Gasteiger partial charge on any atom is -0.463 e. The van der Waals surface area contributed by atoms with Gasteiger partial charge in [0.2, 0.25) is 0 Å². The number of hydrogen-bond acceptors (Lipinski definition) is 18. The number of hydrogen-bond donors (Lipinski definition) is 0. The average molecular weight is 943 g/mol. The lowest BCUT2D eigenvalue weighted by Gasteiger charge is -2.11. The summed E-state index contributed by atoms with van der Waals surface area (Å²) >= 11 is 0. The van der Waals surface area contributed by atoms with Crippen molar-refractivity contribution in [3.05, 3.63) is 119 Å². The van der Waals surface area contributed by atoms with Gasteiger partial charge in [0.1, 0.15) is 49.4 Å². The van der Waals surface area contributed by atoms with Gasteiger partial charge in [0.05, 0.1) is 69.9 Å². The second-order valence-electron chi connectivity index (χ2n) is 15.1. The summed E-state index contributed by atoms with van der Waals surface area (Å²) in [5.41, 5.74) is 4.48. The molecular formula is C50H54O18. The summed E-state index contributed by atoms with van der Waals surface area (Å²) in [4.78, 5) is 73.1. The predicted molar refractivity (Wildman–Crippen MR) is 241 cm³/mol. The van der Waals surface area contributed by atoms with Crippen LogP contribution in [0.3, 0.4) is 0 Å². The van der Waals surface area contributed by atoms with Crippen LogP contribution in [0.25, 0.3) is 11.1 Å². The summed E-state index contributed by atoms with van der Waals surface area (Å²) < 4.78 is 63.0. The molecule has 4 aromatic carbocycles. The Kier molecular flexibility index (Phi) is 20.5. The predicted octanol–water partition coefficient (Wildman–Crippen LogP) is 7.67. The number of ether oxygens (including phenoxy) is 12. The second kappa shape index (κ2) is 26.9. The number of rotatable bonds is 26. The lowest BCUT2D eigenvalue weighted by Crippen LogP contribution is -2.17. The molecule has 362 valence electrons. The first-order valence-electron chi connectivity index (χ1n) is 21.7. The Morgan fingerprint density at radius 3 is 1.21 bits per heavy atom. The van der Waals surface area contributed by atoms with Gasteiger partial charge in [-0.2, -0.15) is 0 Å². The van der Waals surface area contributed by atoms with Crippen LogP contribution in [0.5, 0.6) is 23.0 Å². The number of carbonyl (C=O) groups excluding carboxylic acids is 6. The molecule has 18 nitrogen and oxygen atoms in total. The fourth-order valence-corrected chi connectivity index (χ4v) is 6.18. The van der Waals surface area contributed by atoms with E-state index in [0.29, 0.717) is 17.1 Å². The fourth-order valence-electron chi connectivity index (χ4n) is 6.18. The van der Waals surface area contributed by atoms with Crippen molar-refractivity contribution in [2.24, 2.45) is 5.92 Å². The Morgan fingerprint density at radius 2 is 0.824 bits per heavy atom. The van der Waals surface area contributed by atoms with E-state index in [2.05, 4.69) is 6.58 Å². The quantitative estimate of drug-likeness (QED) is 0.0147. The molecule has 0 spiro atoms. The zero-order chi connectivity index (χ0) is 48.8. The van der Waals surface area contributed by atoms with Gasteiger partial charge in [-0.15, -0.1) is 0 Å². The molecule has 0 N–H and O–H groups in total. The van der Waals surface area contributed by atoms with Crippen LogP contribution in [0.2, 0.25) is 0 Å². The maximum atomic E-state index is 13.1. The van der Waals surface area contributed by atoms with Crippen molar-refractivity contribution in [1.82, 2.24) is 0 Å². The van der Waals surface area contributed by atoms with Crippen LogP contribution >= 0.6 is 0 Å². The molecule has 0 saturated carbocycles. The number of carbonyl (C=O) groups is 6. The van der Waals surface area contributed by atoms with E-state index in [9.17, 15) is 28.8 Å². The third kappa shape index (κ3) is 16.6.